The van der Waals surface area contributed by atoms with Gasteiger partial charge in [0, 0.05) is 0 Å². The monoisotopic (exact) mass is 286 g/mol. The maximum Gasteiger partial charge on any atom is 0.416 e. The van der Waals surface area contributed by atoms with Crippen LogP contribution in [0, 0.1) is 11.8 Å². The van der Waals surface area contributed by atoms with Crippen molar-refractivity contribution in [2.75, 3.05) is 0 Å². The molecule has 0 amide bonds. The summed E-state index contributed by atoms with van der Waals surface area (Å²) in [4.78, 5) is 0. The number of rotatable bonds is 3. The van der Waals surface area contributed by atoms with E-state index in [2.05, 4.69) is 6.92 Å². The van der Waals surface area contributed by atoms with Gasteiger partial charge in [0.1, 0.15) is 0 Å². The summed E-state index contributed by atoms with van der Waals surface area (Å²) < 4.78 is 38.2. The fourth-order valence-electron chi connectivity index (χ4n) is 3.31. The molecule has 1 fully saturated rings. The Kier molecular flexibility index (Phi) is 4.74. The molecule has 0 radical (unpaired) electrons. The molecular formula is C16H21F3O. The third-order valence-electron chi connectivity index (χ3n) is 4.45. The summed E-state index contributed by atoms with van der Waals surface area (Å²) >= 11 is 0. The Morgan fingerprint density at radius 3 is 2.60 bits per heavy atom. The Morgan fingerprint density at radius 1 is 1.25 bits per heavy atom. The van der Waals surface area contributed by atoms with Gasteiger partial charge >= 0.3 is 6.18 Å². The lowest BCUT2D eigenvalue weighted by molar-refractivity contribution is -0.137. The van der Waals surface area contributed by atoms with Crippen molar-refractivity contribution in [1.82, 2.24) is 0 Å². The van der Waals surface area contributed by atoms with Crippen molar-refractivity contribution >= 4 is 0 Å². The van der Waals surface area contributed by atoms with Crippen molar-refractivity contribution in [2.24, 2.45) is 11.8 Å². The summed E-state index contributed by atoms with van der Waals surface area (Å²) in [5.41, 5.74) is -0.289. The van der Waals surface area contributed by atoms with E-state index in [1.165, 1.54) is 6.07 Å². The number of aliphatic hydroxyl groups excluding tert-OH is 1. The smallest absolute Gasteiger partial charge is 0.388 e. The third kappa shape index (κ3) is 3.35. The van der Waals surface area contributed by atoms with Crippen molar-refractivity contribution in [3.8, 4) is 0 Å². The molecule has 1 nitrogen and oxygen atoms in total. The quantitative estimate of drug-likeness (QED) is 0.833. The minimum Gasteiger partial charge on any atom is -0.388 e. The minimum atomic E-state index is -4.35. The summed E-state index contributed by atoms with van der Waals surface area (Å²) in [5.74, 6) is 0.491. The number of aliphatic hydroxyl groups is 1. The number of halogens is 3. The molecule has 0 saturated heterocycles. The molecule has 1 aromatic carbocycles. The van der Waals surface area contributed by atoms with Crippen LogP contribution in [0.5, 0.6) is 0 Å². The Balaban J connectivity index is 2.21. The average Bonchev–Trinajstić information content (AvgIpc) is 2.45. The van der Waals surface area contributed by atoms with E-state index in [0.29, 0.717) is 11.5 Å². The molecule has 2 rings (SSSR count). The maximum absolute atomic E-state index is 12.7. The van der Waals surface area contributed by atoms with E-state index < -0.39 is 17.8 Å². The highest BCUT2D eigenvalue weighted by molar-refractivity contribution is 5.27. The second-order valence-electron chi connectivity index (χ2n) is 5.68. The largest absolute Gasteiger partial charge is 0.416 e. The summed E-state index contributed by atoms with van der Waals surface area (Å²) in [6, 6.07) is 5.12. The van der Waals surface area contributed by atoms with Crippen LogP contribution < -0.4 is 0 Å². The van der Waals surface area contributed by atoms with Gasteiger partial charge in [-0.3, -0.25) is 0 Å². The first kappa shape index (κ1) is 15.4. The van der Waals surface area contributed by atoms with Crippen LogP contribution in [-0.4, -0.2) is 5.11 Å². The van der Waals surface area contributed by atoms with Gasteiger partial charge in [-0.15, -0.1) is 0 Å². The summed E-state index contributed by atoms with van der Waals surface area (Å²) in [6.07, 6.45) is 0.00410. The van der Waals surface area contributed by atoms with Crippen LogP contribution in [-0.2, 0) is 6.18 Å². The van der Waals surface area contributed by atoms with E-state index in [1.807, 2.05) is 0 Å². The van der Waals surface area contributed by atoms with Crippen molar-refractivity contribution in [3.05, 3.63) is 35.4 Å². The second-order valence-corrected chi connectivity index (χ2v) is 5.68. The number of hydrogen-bond acceptors (Lipinski definition) is 1. The zero-order valence-electron chi connectivity index (χ0n) is 11.7. The van der Waals surface area contributed by atoms with Crippen LogP contribution in [0.1, 0.15) is 56.3 Å². The second kappa shape index (κ2) is 6.17. The lowest BCUT2D eigenvalue weighted by Crippen LogP contribution is -2.25. The highest BCUT2D eigenvalue weighted by Gasteiger charge is 2.34. The molecule has 0 bridgehead atoms. The van der Waals surface area contributed by atoms with E-state index in [-0.39, 0.29) is 5.92 Å². The molecule has 1 aromatic rings. The fourth-order valence-corrected chi connectivity index (χ4v) is 3.31. The molecule has 3 atom stereocenters. The number of hydrogen-bond donors (Lipinski definition) is 1. The predicted molar refractivity (Wildman–Crippen MR) is 72.1 cm³/mol. The van der Waals surface area contributed by atoms with Gasteiger partial charge in [-0.2, -0.15) is 13.2 Å². The molecule has 112 valence electrons. The van der Waals surface area contributed by atoms with Crippen LogP contribution >= 0.6 is 0 Å². The average molecular weight is 286 g/mol. The van der Waals surface area contributed by atoms with Crippen molar-refractivity contribution < 1.29 is 18.3 Å². The molecule has 1 aliphatic carbocycles. The normalized spacial score (nSPS) is 25.4. The lowest BCUT2D eigenvalue weighted by Gasteiger charge is -2.34. The zero-order valence-corrected chi connectivity index (χ0v) is 11.7. The molecular weight excluding hydrogens is 265 g/mol. The Hall–Kier alpha value is -1.03. The Morgan fingerprint density at radius 2 is 1.95 bits per heavy atom. The predicted octanol–water partition coefficient (Wildman–Crippen LogP) is 4.96. The standard InChI is InChI=1S/C16H21F3O/c1-2-11-6-3-4-9-14(11)15(20)12-7-5-8-13(10-12)16(17,18)19/h5,7-8,10-11,14-15,20H,2-4,6,9H2,1H3. The van der Waals surface area contributed by atoms with E-state index in [1.54, 1.807) is 6.07 Å². The first-order valence-corrected chi connectivity index (χ1v) is 7.28. The van der Waals surface area contributed by atoms with Crippen molar-refractivity contribution in [2.45, 2.75) is 51.3 Å². The molecule has 0 heterocycles. The highest BCUT2D eigenvalue weighted by atomic mass is 19.4. The highest BCUT2D eigenvalue weighted by Crippen LogP contribution is 2.41. The summed E-state index contributed by atoms with van der Waals surface area (Å²) in [6.45, 7) is 2.09. The van der Waals surface area contributed by atoms with Gasteiger partial charge in [-0.25, -0.2) is 0 Å². The van der Waals surface area contributed by atoms with Gasteiger partial charge in [0.15, 0.2) is 0 Å². The topological polar surface area (TPSA) is 20.2 Å². The molecule has 0 spiro atoms. The zero-order chi connectivity index (χ0) is 14.8. The molecule has 20 heavy (non-hydrogen) atoms. The van der Waals surface area contributed by atoms with Gasteiger partial charge in [0.05, 0.1) is 11.7 Å². The third-order valence-corrected chi connectivity index (χ3v) is 4.45. The van der Waals surface area contributed by atoms with E-state index in [0.717, 1.165) is 44.2 Å². The number of alkyl halides is 3. The van der Waals surface area contributed by atoms with Crippen molar-refractivity contribution in [1.29, 1.82) is 0 Å². The van der Waals surface area contributed by atoms with Crippen LogP contribution in [0.3, 0.4) is 0 Å². The summed E-state index contributed by atoms with van der Waals surface area (Å²) in [5, 5.41) is 10.5. The number of benzene rings is 1. The molecule has 3 unspecified atom stereocenters. The molecule has 4 heteroatoms. The lowest BCUT2D eigenvalue weighted by atomic mass is 9.73. The van der Waals surface area contributed by atoms with Crippen LogP contribution in [0.2, 0.25) is 0 Å². The van der Waals surface area contributed by atoms with E-state index >= 15 is 0 Å². The van der Waals surface area contributed by atoms with Crippen molar-refractivity contribution in [3.63, 3.8) is 0 Å². The van der Waals surface area contributed by atoms with Gasteiger partial charge in [-0.05, 0) is 36.0 Å². The Bertz CT molecular complexity index is 442. The van der Waals surface area contributed by atoms with Gasteiger partial charge < -0.3 is 5.11 Å². The van der Waals surface area contributed by atoms with Gasteiger partial charge in [-0.1, -0.05) is 44.7 Å². The van der Waals surface area contributed by atoms with Gasteiger partial charge in [0.25, 0.3) is 0 Å². The Labute approximate surface area is 117 Å². The van der Waals surface area contributed by atoms with E-state index in [4.69, 9.17) is 0 Å². The fraction of sp³-hybridized carbons (Fsp3) is 0.625. The summed E-state index contributed by atoms with van der Waals surface area (Å²) in [7, 11) is 0. The van der Waals surface area contributed by atoms with Gasteiger partial charge in [0.2, 0.25) is 0 Å². The molecule has 1 aliphatic rings. The van der Waals surface area contributed by atoms with Crippen LogP contribution in [0.4, 0.5) is 13.2 Å². The molecule has 1 saturated carbocycles. The SMILES string of the molecule is CCC1CCCCC1C(O)c1cccc(C(F)(F)F)c1. The minimum absolute atomic E-state index is 0.0808. The molecule has 0 aliphatic heterocycles. The van der Waals surface area contributed by atoms with Crippen LogP contribution in [0.15, 0.2) is 24.3 Å². The van der Waals surface area contributed by atoms with E-state index in [9.17, 15) is 18.3 Å². The molecule has 1 N–H and O–H groups in total. The first-order chi connectivity index (χ1) is 9.43. The first-order valence-electron chi connectivity index (χ1n) is 7.28. The molecule has 0 aromatic heterocycles. The van der Waals surface area contributed by atoms with Crippen LogP contribution in [0.25, 0.3) is 0 Å². The maximum atomic E-state index is 12.7.